The van der Waals surface area contributed by atoms with Crippen molar-refractivity contribution in [2.75, 3.05) is 26.2 Å². The Morgan fingerprint density at radius 3 is 2.54 bits per heavy atom. The predicted molar refractivity (Wildman–Crippen MR) is 147 cm³/mol. The molecule has 2 amide bonds. The molecule has 37 heavy (non-hydrogen) atoms. The van der Waals surface area contributed by atoms with E-state index in [4.69, 9.17) is 4.74 Å². The van der Waals surface area contributed by atoms with E-state index in [1.54, 1.807) is 4.90 Å². The summed E-state index contributed by atoms with van der Waals surface area (Å²) in [6.45, 7) is 4.64. The summed E-state index contributed by atoms with van der Waals surface area (Å²) in [5.41, 5.74) is 3.20. The minimum atomic E-state index is -0.916. The van der Waals surface area contributed by atoms with Gasteiger partial charge in [0.1, 0.15) is 0 Å². The quantitative estimate of drug-likeness (QED) is 0.336. The zero-order valence-electron chi connectivity index (χ0n) is 21.2. The van der Waals surface area contributed by atoms with Crippen molar-refractivity contribution in [3.8, 4) is 0 Å². The summed E-state index contributed by atoms with van der Waals surface area (Å²) in [6.07, 6.45) is 2.43. The molecule has 4 aromatic rings. The molecule has 1 aromatic heterocycles. The highest BCUT2D eigenvalue weighted by atomic mass is 16.6. The van der Waals surface area contributed by atoms with E-state index < -0.39 is 12.2 Å². The number of aromatic nitrogens is 1. The number of nitrogens with one attached hydrogen (secondary N) is 3. The van der Waals surface area contributed by atoms with Gasteiger partial charge >= 0.3 is 6.09 Å². The average Bonchev–Trinajstić information content (AvgIpc) is 3.35. The molecular formula is C30H34N4O3. The summed E-state index contributed by atoms with van der Waals surface area (Å²) in [5, 5.41) is 9.80. The van der Waals surface area contributed by atoms with Gasteiger partial charge < -0.3 is 25.3 Å². The van der Waals surface area contributed by atoms with Gasteiger partial charge in [0, 0.05) is 55.7 Å². The smallest absolute Gasteiger partial charge is 0.410 e. The zero-order valence-corrected chi connectivity index (χ0v) is 21.2. The molecule has 1 saturated heterocycles. The monoisotopic (exact) mass is 498 g/mol. The van der Waals surface area contributed by atoms with Crippen LogP contribution in [-0.2, 0) is 22.4 Å². The van der Waals surface area contributed by atoms with E-state index >= 15 is 0 Å². The van der Waals surface area contributed by atoms with Gasteiger partial charge in [0.15, 0.2) is 6.10 Å². The van der Waals surface area contributed by atoms with E-state index in [-0.39, 0.29) is 11.9 Å². The molecule has 7 heteroatoms. The predicted octanol–water partition coefficient (Wildman–Crippen LogP) is 4.41. The van der Waals surface area contributed by atoms with Crippen molar-refractivity contribution in [1.29, 1.82) is 0 Å². The highest BCUT2D eigenvalue weighted by Crippen LogP contribution is 2.21. The van der Waals surface area contributed by atoms with E-state index in [0.29, 0.717) is 25.9 Å². The lowest BCUT2D eigenvalue weighted by atomic mass is 10.0. The van der Waals surface area contributed by atoms with Crippen LogP contribution in [0.1, 0.15) is 24.5 Å². The van der Waals surface area contributed by atoms with Crippen molar-refractivity contribution in [3.05, 3.63) is 84.1 Å². The number of rotatable bonds is 8. The van der Waals surface area contributed by atoms with Crippen LogP contribution in [0.3, 0.4) is 0 Å². The number of ether oxygens (including phenoxy) is 1. The number of aromatic amines is 1. The molecule has 1 fully saturated rings. The van der Waals surface area contributed by atoms with E-state index in [1.807, 2.05) is 48.7 Å². The zero-order chi connectivity index (χ0) is 25.6. The molecular weight excluding hydrogens is 464 g/mol. The molecule has 0 spiro atoms. The number of amides is 2. The maximum Gasteiger partial charge on any atom is 0.410 e. The van der Waals surface area contributed by atoms with Crippen molar-refractivity contribution in [2.24, 2.45) is 0 Å². The molecule has 192 valence electrons. The third kappa shape index (κ3) is 5.94. The van der Waals surface area contributed by atoms with Crippen LogP contribution >= 0.6 is 0 Å². The van der Waals surface area contributed by atoms with Gasteiger partial charge in [-0.2, -0.15) is 0 Å². The van der Waals surface area contributed by atoms with E-state index in [2.05, 4.69) is 46.8 Å². The Morgan fingerprint density at radius 1 is 0.973 bits per heavy atom. The van der Waals surface area contributed by atoms with Crippen molar-refractivity contribution in [3.63, 3.8) is 0 Å². The highest BCUT2D eigenvalue weighted by molar-refractivity contribution is 5.86. The van der Waals surface area contributed by atoms with Crippen LogP contribution in [0, 0.1) is 0 Å². The third-order valence-corrected chi connectivity index (χ3v) is 7.13. The van der Waals surface area contributed by atoms with Crippen LogP contribution in [0.25, 0.3) is 21.7 Å². The second kappa shape index (κ2) is 11.5. The van der Waals surface area contributed by atoms with Crippen molar-refractivity contribution >= 4 is 33.7 Å². The average molecular weight is 499 g/mol. The van der Waals surface area contributed by atoms with Crippen molar-refractivity contribution in [1.82, 2.24) is 20.5 Å². The van der Waals surface area contributed by atoms with Gasteiger partial charge in [-0.15, -0.1) is 0 Å². The van der Waals surface area contributed by atoms with Crippen molar-refractivity contribution < 1.29 is 14.3 Å². The molecule has 2 atom stereocenters. The normalized spacial score (nSPS) is 15.4. The molecule has 1 aliphatic rings. The maximum atomic E-state index is 13.6. The number of nitrogens with zero attached hydrogens (tertiary/aromatic N) is 1. The Morgan fingerprint density at radius 2 is 1.73 bits per heavy atom. The fourth-order valence-corrected chi connectivity index (χ4v) is 4.97. The Hall–Kier alpha value is -3.84. The van der Waals surface area contributed by atoms with Crippen LogP contribution in [0.2, 0.25) is 0 Å². The molecule has 2 unspecified atom stereocenters. The number of hydrogen-bond donors (Lipinski definition) is 3. The van der Waals surface area contributed by atoms with Crippen LogP contribution in [0.4, 0.5) is 4.79 Å². The van der Waals surface area contributed by atoms with E-state index in [9.17, 15) is 9.59 Å². The molecule has 0 saturated carbocycles. The molecule has 0 bridgehead atoms. The van der Waals surface area contributed by atoms with Gasteiger partial charge in [-0.1, -0.05) is 67.6 Å². The highest BCUT2D eigenvalue weighted by Gasteiger charge is 2.28. The molecule has 2 heterocycles. The number of carbonyl (C=O) groups is 2. The van der Waals surface area contributed by atoms with Crippen molar-refractivity contribution in [2.45, 2.75) is 38.3 Å². The van der Waals surface area contributed by atoms with Gasteiger partial charge in [0.05, 0.1) is 0 Å². The maximum absolute atomic E-state index is 13.6. The molecule has 3 N–H and O–H groups in total. The van der Waals surface area contributed by atoms with Crippen LogP contribution < -0.4 is 10.6 Å². The summed E-state index contributed by atoms with van der Waals surface area (Å²) in [4.78, 5) is 31.5. The third-order valence-electron chi connectivity index (χ3n) is 7.13. The topological polar surface area (TPSA) is 86.5 Å². The van der Waals surface area contributed by atoms with Gasteiger partial charge in [-0.3, -0.25) is 4.79 Å². The lowest BCUT2D eigenvalue weighted by molar-refractivity contribution is -0.130. The lowest BCUT2D eigenvalue weighted by Gasteiger charge is -2.29. The first-order valence-corrected chi connectivity index (χ1v) is 13.1. The number of hydrogen-bond acceptors (Lipinski definition) is 4. The lowest BCUT2D eigenvalue weighted by Crippen LogP contribution is -2.50. The number of piperazine rings is 1. The summed E-state index contributed by atoms with van der Waals surface area (Å²) >= 11 is 0. The van der Waals surface area contributed by atoms with Crippen LogP contribution in [0.15, 0.2) is 72.9 Å². The first-order valence-electron chi connectivity index (χ1n) is 13.1. The SMILES string of the molecule is CCC(Cc1c[nH]c2ccccc12)NC(=O)C(Cc1ccc2ccccc2c1)OC(=O)N1CCNCC1. The van der Waals surface area contributed by atoms with E-state index in [0.717, 1.165) is 52.3 Å². The fraction of sp³-hybridized carbons (Fsp3) is 0.333. The number of H-pyrrole nitrogens is 1. The minimum absolute atomic E-state index is 0.0799. The standard InChI is InChI=1S/C30H34N4O3/c1-2-25(19-24-20-32-27-10-6-5-9-26(24)27)33-29(35)28(37-30(36)34-15-13-31-14-16-34)18-21-11-12-22-7-3-4-8-23(22)17-21/h3-12,17,20,25,28,31-32H,2,13-16,18-19H2,1H3,(H,33,35). The number of benzene rings is 3. The molecule has 0 aliphatic carbocycles. The first kappa shape index (κ1) is 24.8. The second-order valence-electron chi connectivity index (χ2n) is 9.67. The first-order chi connectivity index (χ1) is 18.1. The second-order valence-corrected chi connectivity index (χ2v) is 9.67. The summed E-state index contributed by atoms with van der Waals surface area (Å²) < 4.78 is 5.86. The number of carbonyl (C=O) groups excluding carboxylic acids is 2. The number of fused-ring (bicyclic) bond motifs is 2. The minimum Gasteiger partial charge on any atom is -0.436 e. The molecule has 0 radical (unpaired) electrons. The molecule has 1 aliphatic heterocycles. The van der Waals surface area contributed by atoms with Gasteiger partial charge in [-0.05, 0) is 40.8 Å². The Balaban J connectivity index is 1.33. The van der Waals surface area contributed by atoms with Crippen LogP contribution in [0.5, 0.6) is 0 Å². The Kier molecular flexibility index (Phi) is 7.70. The number of para-hydroxylation sites is 1. The summed E-state index contributed by atoms with van der Waals surface area (Å²) in [6, 6.07) is 22.3. The van der Waals surface area contributed by atoms with E-state index in [1.165, 1.54) is 0 Å². The molecule has 3 aromatic carbocycles. The largest absolute Gasteiger partial charge is 0.436 e. The van der Waals surface area contributed by atoms with Gasteiger partial charge in [0.2, 0.25) is 0 Å². The molecule has 7 nitrogen and oxygen atoms in total. The Labute approximate surface area is 217 Å². The van der Waals surface area contributed by atoms with Gasteiger partial charge in [-0.25, -0.2) is 4.79 Å². The summed E-state index contributed by atoms with van der Waals surface area (Å²) in [7, 11) is 0. The summed E-state index contributed by atoms with van der Waals surface area (Å²) in [5.74, 6) is -0.261. The Bertz CT molecular complexity index is 1380. The van der Waals surface area contributed by atoms with Gasteiger partial charge in [0.25, 0.3) is 5.91 Å². The van der Waals surface area contributed by atoms with Crippen LogP contribution in [-0.4, -0.2) is 60.2 Å². The molecule has 5 rings (SSSR count). The fourth-order valence-electron chi connectivity index (χ4n) is 4.97.